The second-order valence-electron chi connectivity index (χ2n) is 7.73. The van der Waals surface area contributed by atoms with Crippen LogP contribution in [0.1, 0.15) is 30.9 Å². The predicted octanol–water partition coefficient (Wildman–Crippen LogP) is 2.51. The number of aryl methyl sites for hydroxylation is 1. The first-order chi connectivity index (χ1) is 13.1. The van der Waals surface area contributed by atoms with Crippen molar-refractivity contribution in [2.45, 2.75) is 45.3 Å². The molecule has 0 aliphatic carbocycles. The molecule has 2 saturated heterocycles. The van der Waals surface area contributed by atoms with Gasteiger partial charge >= 0.3 is 0 Å². The zero-order chi connectivity index (χ0) is 18.8. The maximum atomic E-state index is 12.3. The van der Waals surface area contributed by atoms with E-state index in [1.54, 1.807) is 6.07 Å². The first-order valence-corrected chi connectivity index (χ1v) is 9.88. The van der Waals surface area contributed by atoms with E-state index < -0.39 is 0 Å². The molecule has 27 heavy (non-hydrogen) atoms. The summed E-state index contributed by atoms with van der Waals surface area (Å²) in [6.07, 6.45) is 3.38. The topological polar surface area (TPSA) is 61.5 Å². The monoisotopic (exact) mass is 368 g/mol. The fourth-order valence-corrected chi connectivity index (χ4v) is 4.08. The van der Waals surface area contributed by atoms with Crippen molar-refractivity contribution in [1.29, 1.82) is 0 Å². The van der Waals surface area contributed by atoms with Gasteiger partial charge in [0.2, 0.25) is 5.95 Å². The van der Waals surface area contributed by atoms with Gasteiger partial charge in [0.1, 0.15) is 5.82 Å². The van der Waals surface area contributed by atoms with E-state index in [-0.39, 0.29) is 11.7 Å². The van der Waals surface area contributed by atoms with Crippen LogP contribution in [0.2, 0.25) is 0 Å². The Hall–Kier alpha value is -2.34. The van der Waals surface area contributed by atoms with E-state index in [4.69, 9.17) is 9.72 Å². The normalized spacial score (nSPS) is 23.0. The molecule has 2 aliphatic rings. The molecule has 2 aromatic rings. The van der Waals surface area contributed by atoms with Crippen molar-refractivity contribution in [1.82, 2.24) is 9.97 Å². The van der Waals surface area contributed by atoms with E-state index in [2.05, 4.69) is 52.9 Å². The quantitative estimate of drug-likeness (QED) is 0.899. The van der Waals surface area contributed by atoms with Gasteiger partial charge in [-0.25, -0.2) is 0 Å². The zero-order valence-electron chi connectivity index (χ0n) is 16.1. The van der Waals surface area contributed by atoms with Crippen LogP contribution in [0.25, 0.3) is 0 Å². The highest BCUT2D eigenvalue weighted by atomic mass is 16.5. The standard InChI is InChI=1S/C21H28N4O2/c1-15-5-7-17(8-6-15)12-18-4-3-9-25(18)21-22-19(13-20(26)23-21)24-10-11-27-16(2)14-24/h5-8,13,16,18H,3-4,9-12,14H2,1-2H3,(H,22,23,26)/t16-,18+/m1/s1. The van der Waals surface area contributed by atoms with Crippen molar-refractivity contribution in [3.05, 3.63) is 51.8 Å². The molecule has 0 bridgehead atoms. The van der Waals surface area contributed by atoms with E-state index in [1.807, 2.05) is 0 Å². The number of aromatic amines is 1. The Morgan fingerprint density at radius 3 is 2.85 bits per heavy atom. The number of H-pyrrole nitrogens is 1. The largest absolute Gasteiger partial charge is 0.375 e. The molecule has 6 nitrogen and oxygen atoms in total. The third-order valence-corrected chi connectivity index (χ3v) is 5.52. The molecular formula is C21H28N4O2. The maximum absolute atomic E-state index is 12.3. The highest BCUT2D eigenvalue weighted by molar-refractivity contribution is 5.45. The number of anilines is 2. The van der Waals surface area contributed by atoms with Crippen molar-refractivity contribution in [3.8, 4) is 0 Å². The molecule has 2 aliphatic heterocycles. The summed E-state index contributed by atoms with van der Waals surface area (Å²) in [6, 6.07) is 10.7. The van der Waals surface area contributed by atoms with Gasteiger partial charge in [0.15, 0.2) is 0 Å². The Morgan fingerprint density at radius 2 is 2.07 bits per heavy atom. The predicted molar refractivity (Wildman–Crippen MR) is 108 cm³/mol. The summed E-state index contributed by atoms with van der Waals surface area (Å²) in [6.45, 7) is 7.31. The fraction of sp³-hybridized carbons (Fsp3) is 0.524. The molecule has 2 fully saturated rings. The summed E-state index contributed by atoms with van der Waals surface area (Å²) in [5.41, 5.74) is 2.52. The van der Waals surface area contributed by atoms with Gasteiger partial charge < -0.3 is 14.5 Å². The van der Waals surface area contributed by atoms with Gasteiger partial charge in [-0.05, 0) is 38.7 Å². The van der Waals surface area contributed by atoms with Crippen molar-refractivity contribution >= 4 is 11.8 Å². The Kier molecular flexibility index (Phi) is 5.16. The zero-order valence-corrected chi connectivity index (χ0v) is 16.1. The number of ether oxygens (including phenoxy) is 1. The van der Waals surface area contributed by atoms with E-state index >= 15 is 0 Å². The fourth-order valence-electron chi connectivity index (χ4n) is 4.08. The molecule has 144 valence electrons. The number of morpholine rings is 1. The molecule has 2 atom stereocenters. The SMILES string of the molecule is Cc1ccc(C[C@@H]2CCCN2c2nc(N3CCO[C@H](C)C3)cc(=O)[nH]2)cc1. The van der Waals surface area contributed by atoms with Crippen LogP contribution in [0.5, 0.6) is 0 Å². The van der Waals surface area contributed by atoms with Crippen LogP contribution in [0.3, 0.4) is 0 Å². The lowest BCUT2D eigenvalue weighted by molar-refractivity contribution is 0.0529. The molecular weight excluding hydrogens is 340 g/mol. The van der Waals surface area contributed by atoms with Crippen molar-refractivity contribution in [2.24, 2.45) is 0 Å². The first-order valence-electron chi connectivity index (χ1n) is 9.88. The number of hydrogen-bond donors (Lipinski definition) is 1. The molecule has 0 radical (unpaired) electrons. The van der Waals surface area contributed by atoms with Gasteiger partial charge in [-0.3, -0.25) is 9.78 Å². The Balaban J connectivity index is 1.56. The number of hydrogen-bond acceptors (Lipinski definition) is 5. The molecule has 0 spiro atoms. The summed E-state index contributed by atoms with van der Waals surface area (Å²) in [4.78, 5) is 24.5. The third kappa shape index (κ3) is 4.16. The van der Waals surface area contributed by atoms with Crippen LogP contribution < -0.4 is 15.4 Å². The minimum absolute atomic E-state index is 0.0878. The lowest BCUT2D eigenvalue weighted by Crippen LogP contribution is -2.42. The highest BCUT2D eigenvalue weighted by Gasteiger charge is 2.28. The van der Waals surface area contributed by atoms with Crippen LogP contribution in [-0.2, 0) is 11.2 Å². The summed E-state index contributed by atoms with van der Waals surface area (Å²) >= 11 is 0. The van der Waals surface area contributed by atoms with Gasteiger partial charge in [-0.1, -0.05) is 29.8 Å². The number of nitrogens with zero attached hydrogens (tertiary/aromatic N) is 3. The van der Waals surface area contributed by atoms with Crippen LogP contribution in [-0.4, -0.2) is 48.4 Å². The number of rotatable bonds is 4. The van der Waals surface area contributed by atoms with Crippen LogP contribution in [0.4, 0.5) is 11.8 Å². The molecule has 0 saturated carbocycles. The first kappa shape index (κ1) is 18.0. The molecule has 6 heteroatoms. The summed E-state index contributed by atoms with van der Waals surface area (Å²) in [5, 5.41) is 0. The molecule has 1 aromatic heterocycles. The van der Waals surface area contributed by atoms with E-state index in [0.29, 0.717) is 18.6 Å². The Bertz CT molecular complexity index is 833. The van der Waals surface area contributed by atoms with Gasteiger partial charge in [0, 0.05) is 31.7 Å². The van der Waals surface area contributed by atoms with Crippen LogP contribution in [0.15, 0.2) is 35.1 Å². The second kappa shape index (κ2) is 7.72. The average Bonchev–Trinajstić information content (AvgIpc) is 3.11. The van der Waals surface area contributed by atoms with Gasteiger partial charge in [-0.15, -0.1) is 0 Å². The number of benzene rings is 1. The Morgan fingerprint density at radius 1 is 1.26 bits per heavy atom. The van der Waals surface area contributed by atoms with Crippen LogP contribution in [0, 0.1) is 6.92 Å². The second-order valence-corrected chi connectivity index (χ2v) is 7.73. The van der Waals surface area contributed by atoms with Crippen molar-refractivity contribution in [2.75, 3.05) is 36.0 Å². The lowest BCUT2D eigenvalue weighted by atomic mass is 10.0. The highest BCUT2D eigenvalue weighted by Crippen LogP contribution is 2.26. The molecule has 3 heterocycles. The number of aromatic nitrogens is 2. The van der Waals surface area contributed by atoms with E-state index in [9.17, 15) is 4.79 Å². The molecule has 4 rings (SSSR count). The average molecular weight is 368 g/mol. The number of nitrogens with one attached hydrogen (secondary N) is 1. The van der Waals surface area contributed by atoms with E-state index in [1.165, 1.54) is 11.1 Å². The summed E-state index contributed by atoms with van der Waals surface area (Å²) < 4.78 is 5.62. The smallest absolute Gasteiger partial charge is 0.254 e. The molecule has 1 aromatic carbocycles. The minimum atomic E-state index is -0.0878. The summed E-state index contributed by atoms with van der Waals surface area (Å²) in [5.74, 6) is 1.45. The van der Waals surface area contributed by atoms with Gasteiger partial charge in [-0.2, -0.15) is 4.98 Å². The molecule has 0 unspecified atom stereocenters. The van der Waals surface area contributed by atoms with Crippen molar-refractivity contribution < 1.29 is 4.74 Å². The third-order valence-electron chi connectivity index (χ3n) is 5.52. The lowest BCUT2D eigenvalue weighted by Gasteiger charge is -2.33. The van der Waals surface area contributed by atoms with Gasteiger partial charge in [0.05, 0.1) is 12.7 Å². The Labute approximate surface area is 160 Å². The van der Waals surface area contributed by atoms with Gasteiger partial charge in [0.25, 0.3) is 5.56 Å². The van der Waals surface area contributed by atoms with Crippen LogP contribution >= 0.6 is 0 Å². The minimum Gasteiger partial charge on any atom is -0.375 e. The van der Waals surface area contributed by atoms with E-state index in [0.717, 1.165) is 44.7 Å². The molecule has 1 N–H and O–H groups in total. The van der Waals surface area contributed by atoms with Crippen molar-refractivity contribution in [3.63, 3.8) is 0 Å². The maximum Gasteiger partial charge on any atom is 0.254 e. The molecule has 0 amide bonds. The summed E-state index contributed by atoms with van der Waals surface area (Å²) in [7, 11) is 0.